The summed E-state index contributed by atoms with van der Waals surface area (Å²) in [6.45, 7) is 0.186. The maximum atomic E-state index is 9.53. The molecule has 0 heterocycles. The Bertz CT molecular complexity index is 301. The van der Waals surface area contributed by atoms with Crippen LogP contribution in [0.5, 0.6) is 11.5 Å². The van der Waals surface area contributed by atoms with Crippen LogP contribution in [0.2, 0.25) is 0 Å². The van der Waals surface area contributed by atoms with Gasteiger partial charge >= 0.3 is 0 Å². The van der Waals surface area contributed by atoms with E-state index < -0.39 is 6.10 Å². The van der Waals surface area contributed by atoms with Crippen molar-refractivity contribution in [1.82, 2.24) is 0 Å². The number of hydrogen-bond acceptors (Lipinski definition) is 4. The molecule has 4 nitrogen and oxygen atoms in total. The van der Waals surface area contributed by atoms with E-state index in [0.717, 1.165) is 0 Å². The molecular formula is C10H15NO3. The number of methoxy groups -OCH3 is 1. The minimum atomic E-state index is -0.616. The first-order chi connectivity index (χ1) is 6.67. The van der Waals surface area contributed by atoms with E-state index in [1.807, 2.05) is 0 Å². The Hall–Kier alpha value is -1.26. The van der Waals surface area contributed by atoms with E-state index in [1.54, 1.807) is 12.1 Å². The van der Waals surface area contributed by atoms with Gasteiger partial charge in [-0.15, -0.1) is 0 Å². The van der Waals surface area contributed by atoms with Crippen LogP contribution in [0.4, 0.5) is 0 Å². The van der Waals surface area contributed by atoms with Crippen molar-refractivity contribution in [3.63, 3.8) is 0 Å². The summed E-state index contributed by atoms with van der Waals surface area (Å²) in [6, 6.07) is 4.96. The van der Waals surface area contributed by atoms with Gasteiger partial charge in [0.1, 0.15) is 11.5 Å². The first-order valence-corrected chi connectivity index (χ1v) is 4.41. The highest BCUT2D eigenvalue weighted by atomic mass is 16.5. The Morgan fingerprint density at radius 2 is 2.21 bits per heavy atom. The summed E-state index contributed by atoms with van der Waals surface area (Å²) in [6.07, 6.45) is -0.263. The van der Waals surface area contributed by atoms with Crippen LogP contribution in [0, 0.1) is 0 Å². The van der Waals surface area contributed by atoms with Crippen LogP contribution in [-0.2, 0) is 6.42 Å². The Labute approximate surface area is 82.9 Å². The molecule has 0 spiro atoms. The zero-order chi connectivity index (χ0) is 10.6. The van der Waals surface area contributed by atoms with Crippen molar-refractivity contribution in [2.75, 3.05) is 13.7 Å². The molecule has 0 radical (unpaired) electrons. The summed E-state index contributed by atoms with van der Waals surface area (Å²) >= 11 is 0. The Kier molecular flexibility index (Phi) is 3.73. The van der Waals surface area contributed by atoms with Gasteiger partial charge in [-0.3, -0.25) is 0 Å². The second kappa shape index (κ2) is 4.83. The molecule has 0 aliphatic heterocycles. The molecule has 1 atom stereocenters. The molecule has 0 amide bonds. The molecule has 14 heavy (non-hydrogen) atoms. The number of ether oxygens (including phenoxy) is 1. The minimum absolute atomic E-state index is 0.122. The van der Waals surface area contributed by atoms with Gasteiger partial charge in [-0.25, -0.2) is 0 Å². The molecule has 0 aliphatic carbocycles. The monoisotopic (exact) mass is 197 g/mol. The summed E-state index contributed by atoms with van der Waals surface area (Å²) in [5.41, 5.74) is 5.94. The third-order valence-corrected chi connectivity index (χ3v) is 2.02. The van der Waals surface area contributed by atoms with Crippen LogP contribution in [-0.4, -0.2) is 30.0 Å². The summed E-state index contributed by atoms with van der Waals surface area (Å²) in [7, 11) is 1.53. The first-order valence-electron chi connectivity index (χ1n) is 4.41. The Balaban J connectivity index is 2.78. The molecular weight excluding hydrogens is 182 g/mol. The molecule has 1 aromatic carbocycles. The van der Waals surface area contributed by atoms with E-state index in [2.05, 4.69) is 0 Å². The minimum Gasteiger partial charge on any atom is -0.508 e. The van der Waals surface area contributed by atoms with Gasteiger partial charge < -0.3 is 20.7 Å². The SMILES string of the molecule is COc1ccc(CC(O)CN)c(O)c1. The zero-order valence-electron chi connectivity index (χ0n) is 8.10. The number of aromatic hydroxyl groups is 1. The van der Waals surface area contributed by atoms with Crippen molar-refractivity contribution in [3.8, 4) is 11.5 Å². The van der Waals surface area contributed by atoms with E-state index >= 15 is 0 Å². The molecule has 4 N–H and O–H groups in total. The quantitative estimate of drug-likeness (QED) is 0.647. The van der Waals surface area contributed by atoms with Crippen molar-refractivity contribution < 1.29 is 14.9 Å². The van der Waals surface area contributed by atoms with E-state index in [-0.39, 0.29) is 12.3 Å². The lowest BCUT2D eigenvalue weighted by Crippen LogP contribution is -2.21. The van der Waals surface area contributed by atoms with Crippen LogP contribution in [0.3, 0.4) is 0 Å². The van der Waals surface area contributed by atoms with Gasteiger partial charge in [0.05, 0.1) is 13.2 Å². The summed E-state index contributed by atoms with van der Waals surface area (Å²) in [5, 5.41) is 18.8. The van der Waals surface area contributed by atoms with Crippen LogP contribution in [0.15, 0.2) is 18.2 Å². The van der Waals surface area contributed by atoms with Crippen molar-refractivity contribution in [2.45, 2.75) is 12.5 Å². The van der Waals surface area contributed by atoms with Crippen LogP contribution < -0.4 is 10.5 Å². The van der Waals surface area contributed by atoms with Gasteiger partial charge in [0.15, 0.2) is 0 Å². The number of phenolic OH excluding ortho intramolecular Hbond substituents is 1. The Morgan fingerprint density at radius 3 is 2.71 bits per heavy atom. The highest BCUT2D eigenvalue weighted by molar-refractivity contribution is 5.39. The fourth-order valence-electron chi connectivity index (χ4n) is 1.18. The molecule has 1 aromatic rings. The molecule has 0 fully saturated rings. The lowest BCUT2D eigenvalue weighted by molar-refractivity contribution is 0.182. The average molecular weight is 197 g/mol. The number of nitrogens with two attached hydrogens (primary N) is 1. The highest BCUT2D eigenvalue weighted by Crippen LogP contribution is 2.24. The average Bonchev–Trinajstić information content (AvgIpc) is 2.20. The number of aliphatic hydroxyl groups excluding tert-OH is 1. The lowest BCUT2D eigenvalue weighted by atomic mass is 10.1. The fourth-order valence-corrected chi connectivity index (χ4v) is 1.18. The van der Waals surface area contributed by atoms with E-state index in [1.165, 1.54) is 13.2 Å². The number of aliphatic hydroxyl groups is 1. The molecule has 0 aliphatic rings. The number of rotatable bonds is 4. The second-order valence-corrected chi connectivity index (χ2v) is 3.09. The van der Waals surface area contributed by atoms with E-state index in [4.69, 9.17) is 10.5 Å². The summed E-state index contributed by atoms with van der Waals surface area (Å²) in [5.74, 6) is 0.713. The molecule has 1 unspecified atom stereocenters. The number of hydrogen-bond donors (Lipinski definition) is 3. The molecule has 0 bridgehead atoms. The van der Waals surface area contributed by atoms with Crippen LogP contribution >= 0.6 is 0 Å². The zero-order valence-corrected chi connectivity index (χ0v) is 8.10. The van der Waals surface area contributed by atoms with E-state index in [9.17, 15) is 10.2 Å². The predicted molar refractivity (Wildman–Crippen MR) is 53.4 cm³/mol. The second-order valence-electron chi connectivity index (χ2n) is 3.09. The van der Waals surface area contributed by atoms with Gasteiger partial charge in [-0.2, -0.15) is 0 Å². The third kappa shape index (κ3) is 2.61. The smallest absolute Gasteiger partial charge is 0.122 e. The number of benzene rings is 1. The highest BCUT2D eigenvalue weighted by Gasteiger charge is 2.07. The van der Waals surface area contributed by atoms with Gasteiger partial charge in [0, 0.05) is 19.0 Å². The standard InChI is InChI=1S/C10H15NO3/c1-14-9-3-2-7(10(13)5-9)4-8(12)6-11/h2-3,5,8,12-13H,4,6,11H2,1H3. The molecule has 78 valence electrons. The van der Waals surface area contributed by atoms with Crippen molar-refractivity contribution in [1.29, 1.82) is 0 Å². The van der Waals surface area contributed by atoms with Crippen LogP contribution in [0.1, 0.15) is 5.56 Å². The molecule has 4 heteroatoms. The van der Waals surface area contributed by atoms with E-state index in [0.29, 0.717) is 17.7 Å². The van der Waals surface area contributed by atoms with Gasteiger partial charge in [-0.05, 0) is 11.6 Å². The number of phenols is 1. The maximum Gasteiger partial charge on any atom is 0.122 e. The van der Waals surface area contributed by atoms with Crippen LogP contribution in [0.25, 0.3) is 0 Å². The van der Waals surface area contributed by atoms with Gasteiger partial charge in [-0.1, -0.05) is 6.07 Å². The first kappa shape index (κ1) is 10.8. The summed E-state index contributed by atoms with van der Waals surface area (Å²) < 4.78 is 4.93. The fraction of sp³-hybridized carbons (Fsp3) is 0.400. The summed E-state index contributed by atoms with van der Waals surface area (Å²) in [4.78, 5) is 0. The normalized spacial score (nSPS) is 12.5. The lowest BCUT2D eigenvalue weighted by Gasteiger charge is -2.10. The van der Waals surface area contributed by atoms with Gasteiger partial charge in [0.2, 0.25) is 0 Å². The Morgan fingerprint density at radius 1 is 1.50 bits per heavy atom. The third-order valence-electron chi connectivity index (χ3n) is 2.02. The maximum absolute atomic E-state index is 9.53. The van der Waals surface area contributed by atoms with Crippen molar-refractivity contribution >= 4 is 0 Å². The molecule has 0 saturated carbocycles. The molecule has 1 rings (SSSR count). The largest absolute Gasteiger partial charge is 0.508 e. The predicted octanol–water partition coefficient (Wildman–Crippen LogP) is 0.263. The topological polar surface area (TPSA) is 75.7 Å². The van der Waals surface area contributed by atoms with Crippen molar-refractivity contribution in [3.05, 3.63) is 23.8 Å². The van der Waals surface area contributed by atoms with Gasteiger partial charge in [0.25, 0.3) is 0 Å². The molecule has 0 saturated heterocycles. The molecule has 0 aromatic heterocycles. The van der Waals surface area contributed by atoms with Crippen molar-refractivity contribution in [2.24, 2.45) is 5.73 Å².